The SMILES string of the molecule is CC.CN(C)CCN(C)CC(=O)O. The van der Waals surface area contributed by atoms with E-state index in [1.807, 2.05) is 32.8 Å². The molecule has 0 heterocycles. The molecule has 0 unspecified atom stereocenters. The first-order valence-corrected chi connectivity index (χ1v) is 4.57. The molecule has 0 aromatic heterocycles. The first-order valence-electron chi connectivity index (χ1n) is 4.57. The molecule has 4 heteroatoms. The highest BCUT2D eigenvalue weighted by Crippen LogP contribution is 1.82. The average Bonchev–Trinajstić information content (AvgIpc) is 2.03. The molecule has 13 heavy (non-hydrogen) atoms. The number of hydrogen-bond donors (Lipinski definition) is 1. The Labute approximate surface area is 81.1 Å². The number of hydrogen-bond acceptors (Lipinski definition) is 3. The highest BCUT2D eigenvalue weighted by Gasteiger charge is 2.03. The maximum Gasteiger partial charge on any atom is 0.317 e. The first kappa shape index (κ1) is 14.9. The lowest BCUT2D eigenvalue weighted by Gasteiger charge is -2.16. The zero-order chi connectivity index (χ0) is 10.9. The third kappa shape index (κ3) is 14.3. The zero-order valence-electron chi connectivity index (χ0n) is 9.37. The third-order valence-electron chi connectivity index (χ3n) is 1.33. The van der Waals surface area contributed by atoms with Gasteiger partial charge in [0, 0.05) is 13.1 Å². The summed E-state index contributed by atoms with van der Waals surface area (Å²) in [7, 11) is 5.74. The van der Waals surface area contributed by atoms with Crippen LogP contribution in [0.2, 0.25) is 0 Å². The minimum atomic E-state index is -0.772. The Bertz CT molecular complexity index is 127. The van der Waals surface area contributed by atoms with Crippen molar-refractivity contribution in [2.75, 3.05) is 40.8 Å². The van der Waals surface area contributed by atoms with Crippen molar-refractivity contribution in [3.63, 3.8) is 0 Å². The van der Waals surface area contributed by atoms with E-state index < -0.39 is 5.97 Å². The molecule has 0 aromatic rings. The minimum Gasteiger partial charge on any atom is -0.480 e. The molecule has 80 valence electrons. The Balaban J connectivity index is 0. The third-order valence-corrected chi connectivity index (χ3v) is 1.33. The molecule has 0 amide bonds. The molecule has 0 aromatic carbocycles. The van der Waals surface area contributed by atoms with Gasteiger partial charge in [0.05, 0.1) is 6.54 Å². The molecule has 0 radical (unpaired) electrons. The number of carboxylic acids is 1. The van der Waals surface area contributed by atoms with Gasteiger partial charge in [-0.15, -0.1) is 0 Å². The van der Waals surface area contributed by atoms with Crippen molar-refractivity contribution in [2.45, 2.75) is 13.8 Å². The van der Waals surface area contributed by atoms with Gasteiger partial charge in [-0.2, -0.15) is 0 Å². The number of carboxylic acid groups (broad SMARTS) is 1. The highest BCUT2D eigenvalue weighted by atomic mass is 16.4. The normalized spacial score (nSPS) is 9.77. The highest BCUT2D eigenvalue weighted by molar-refractivity contribution is 5.68. The second-order valence-corrected chi connectivity index (χ2v) is 2.93. The topological polar surface area (TPSA) is 43.8 Å². The smallest absolute Gasteiger partial charge is 0.317 e. The van der Waals surface area contributed by atoms with Crippen molar-refractivity contribution < 1.29 is 9.90 Å². The summed E-state index contributed by atoms with van der Waals surface area (Å²) in [5.74, 6) is -0.772. The zero-order valence-corrected chi connectivity index (χ0v) is 9.37. The van der Waals surface area contributed by atoms with Crippen LogP contribution in [0, 0.1) is 0 Å². The fraction of sp³-hybridized carbons (Fsp3) is 0.889. The van der Waals surface area contributed by atoms with Crippen molar-refractivity contribution in [2.24, 2.45) is 0 Å². The van der Waals surface area contributed by atoms with E-state index in [2.05, 4.69) is 0 Å². The molecule has 0 saturated heterocycles. The molecule has 0 aliphatic heterocycles. The number of likely N-dealkylation sites (N-methyl/N-ethyl adjacent to an activating group) is 2. The predicted molar refractivity (Wildman–Crippen MR) is 55.0 cm³/mol. The van der Waals surface area contributed by atoms with Gasteiger partial charge in [0.25, 0.3) is 0 Å². The molecule has 0 fully saturated rings. The van der Waals surface area contributed by atoms with Crippen LogP contribution in [0.25, 0.3) is 0 Å². The summed E-state index contributed by atoms with van der Waals surface area (Å²) in [6.07, 6.45) is 0. The standard InChI is InChI=1S/C7H16N2O2.C2H6/c1-8(2)4-5-9(3)6-7(10)11;1-2/h4-6H2,1-3H3,(H,10,11);1-2H3. The van der Waals surface area contributed by atoms with Gasteiger partial charge in [-0.1, -0.05) is 13.8 Å². The van der Waals surface area contributed by atoms with E-state index in [1.54, 1.807) is 11.9 Å². The first-order chi connectivity index (χ1) is 6.02. The Morgan fingerprint density at radius 3 is 1.92 bits per heavy atom. The van der Waals surface area contributed by atoms with Gasteiger partial charge in [0.2, 0.25) is 0 Å². The van der Waals surface area contributed by atoms with E-state index in [1.165, 1.54) is 0 Å². The predicted octanol–water partition coefficient (Wildman–Crippen LogP) is 0.591. The molecule has 0 saturated carbocycles. The van der Waals surface area contributed by atoms with Crippen LogP contribution in [-0.4, -0.2) is 61.7 Å². The van der Waals surface area contributed by atoms with Crippen molar-refractivity contribution >= 4 is 5.97 Å². The molecule has 4 nitrogen and oxygen atoms in total. The maximum absolute atomic E-state index is 10.2. The molecule has 1 N–H and O–H groups in total. The number of carbonyl (C=O) groups is 1. The van der Waals surface area contributed by atoms with Crippen LogP contribution in [0.1, 0.15) is 13.8 Å². The quantitative estimate of drug-likeness (QED) is 0.689. The Hall–Kier alpha value is -0.610. The average molecular weight is 190 g/mol. The van der Waals surface area contributed by atoms with Crippen molar-refractivity contribution in [1.29, 1.82) is 0 Å². The van der Waals surface area contributed by atoms with E-state index in [0.29, 0.717) is 0 Å². The molecule has 0 atom stereocenters. The summed E-state index contributed by atoms with van der Waals surface area (Å²) in [6.45, 7) is 5.80. The van der Waals surface area contributed by atoms with E-state index >= 15 is 0 Å². The van der Waals surface area contributed by atoms with Gasteiger partial charge in [-0.05, 0) is 21.1 Å². The van der Waals surface area contributed by atoms with Crippen LogP contribution in [-0.2, 0) is 4.79 Å². The fourth-order valence-electron chi connectivity index (χ4n) is 0.681. The van der Waals surface area contributed by atoms with Crippen LogP contribution < -0.4 is 0 Å². The lowest BCUT2D eigenvalue weighted by atomic mass is 10.5. The van der Waals surface area contributed by atoms with Crippen molar-refractivity contribution in [3.8, 4) is 0 Å². The van der Waals surface area contributed by atoms with E-state index in [0.717, 1.165) is 13.1 Å². The van der Waals surface area contributed by atoms with Gasteiger partial charge in [0.15, 0.2) is 0 Å². The largest absolute Gasteiger partial charge is 0.480 e. The number of rotatable bonds is 5. The van der Waals surface area contributed by atoms with Crippen LogP contribution in [0.15, 0.2) is 0 Å². The minimum absolute atomic E-state index is 0.119. The molecule has 0 aliphatic carbocycles. The summed E-state index contributed by atoms with van der Waals surface area (Å²) in [5, 5.41) is 8.39. The second-order valence-electron chi connectivity index (χ2n) is 2.93. The Morgan fingerprint density at radius 1 is 1.15 bits per heavy atom. The van der Waals surface area contributed by atoms with E-state index in [4.69, 9.17) is 5.11 Å². The molecule has 0 rings (SSSR count). The van der Waals surface area contributed by atoms with Gasteiger partial charge < -0.3 is 10.0 Å². The second kappa shape index (κ2) is 9.48. The van der Waals surface area contributed by atoms with Gasteiger partial charge >= 0.3 is 5.97 Å². The Kier molecular flexibility index (Phi) is 10.9. The summed E-state index contributed by atoms with van der Waals surface area (Å²) in [4.78, 5) is 14.0. The lowest BCUT2D eigenvalue weighted by Crippen LogP contribution is -2.32. The van der Waals surface area contributed by atoms with E-state index in [-0.39, 0.29) is 6.54 Å². The molecule has 0 spiro atoms. The summed E-state index contributed by atoms with van der Waals surface area (Å²) >= 11 is 0. The molecule has 0 aliphatic rings. The van der Waals surface area contributed by atoms with Crippen LogP contribution in [0.5, 0.6) is 0 Å². The van der Waals surface area contributed by atoms with Gasteiger partial charge in [0.1, 0.15) is 0 Å². The maximum atomic E-state index is 10.2. The van der Waals surface area contributed by atoms with Gasteiger partial charge in [-0.3, -0.25) is 9.69 Å². The molecular weight excluding hydrogens is 168 g/mol. The van der Waals surface area contributed by atoms with Crippen LogP contribution >= 0.6 is 0 Å². The van der Waals surface area contributed by atoms with Crippen molar-refractivity contribution in [1.82, 2.24) is 9.80 Å². The van der Waals surface area contributed by atoms with Gasteiger partial charge in [-0.25, -0.2) is 0 Å². The Morgan fingerprint density at radius 2 is 1.62 bits per heavy atom. The van der Waals surface area contributed by atoms with Crippen molar-refractivity contribution in [3.05, 3.63) is 0 Å². The van der Waals surface area contributed by atoms with Crippen LogP contribution in [0.4, 0.5) is 0 Å². The number of nitrogens with zero attached hydrogens (tertiary/aromatic N) is 2. The lowest BCUT2D eigenvalue weighted by molar-refractivity contribution is -0.138. The number of aliphatic carboxylic acids is 1. The van der Waals surface area contributed by atoms with E-state index in [9.17, 15) is 4.79 Å². The van der Waals surface area contributed by atoms with Crippen LogP contribution in [0.3, 0.4) is 0 Å². The molecular formula is C9H22N2O2. The summed E-state index contributed by atoms with van der Waals surface area (Å²) < 4.78 is 0. The summed E-state index contributed by atoms with van der Waals surface area (Å²) in [5.41, 5.74) is 0. The molecule has 0 bridgehead atoms. The summed E-state index contributed by atoms with van der Waals surface area (Å²) in [6, 6.07) is 0. The monoisotopic (exact) mass is 190 g/mol. The fourth-order valence-corrected chi connectivity index (χ4v) is 0.681.